The third kappa shape index (κ3) is 1.80. The van der Waals surface area contributed by atoms with E-state index in [-0.39, 0.29) is 11.6 Å². The summed E-state index contributed by atoms with van der Waals surface area (Å²) in [5.74, 6) is -0.983. The van der Waals surface area contributed by atoms with Crippen molar-refractivity contribution in [2.24, 2.45) is 0 Å². The van der Waals surface area contributed by atoms with Crippen molar-refractivity contribution in [1.29, 1.82) is 0 Å². The Labute approximate surface area is 97.8 Å². The van der Waals surface area contributed by atoms with Crippen LogP contribution < -0.4 is 5.32 Å². The molecule has 1 aromatic rings. The third-order valence-electron chi connectivity index (χ3n) is 2.67. The number of hydrogen-bond donors (Lipinski definition) is 1. The maximum atomic E-state index is 11.8. The first-order chi connectivity index (χ1) is 8.04. The van der Waals surface area contributed by atoms with E-state index in [0.717, 1.165) is 0 Å². The summed E-state index contributed by atoms with van der Waals surface area (Å²) in [5, 5.41) is 2.80. The van der Waals surface area contributed by atoms with Crippen LogP contribution in [0, 0.1) is 0 Å². The molecular formula is C12H11NO4. The molecule has 1 aliphatic rings. The molecule has 88 valence electrons. The molecule has 0 fully saturated rings. The molecule has 0 radical (unpaired) electrons. The van der Waals surface area contributed by atoms with E-state index in [9.17, 15) is 14.4 Å². The molecule has 0 aliphatic carbocycles. The number of benzene rings is 1. The third-order valence-corrected chi connectivity index (χ3v) is 2.67. The monoisotopic (exact) mass is 233 g/mol. The number of carbonyl (C=O) groups excluding carboxylic acids is 3. The number of ketones is 2. The average Bonchev–Trinajstić information content (AvgIpc) is 2.65. The van der Waals surface area contributed by atoms with Crippen LogP contribution in [0.25, 0.3) is 0 Å². The fourth-order valence-corrected chi connectivity index (χ4v) is 1.79. The second-order valence-corrected chi connectivity index (χ2v) is 3.80. The van der Waals surface area contributed by atoms with Gasteiger partial charge in [0.1, 0.15) is 6.04 Å². The normalized spacial score (nSPS) is 17.3. The summed E-state index contributed by atoms with van der Waals surface area (Å²) >= 11 is 0. The molecule has 1 atom stereocenters. The molecule has 1 aromatic carbocycles. The molecule has 0 aromatic heterocycles. The van der Waals surface area contributed by atoms with Crippen molar-refractivity contribution in [3.63, 3.8) is 0 Å². The molecule has 0 spiro atoms. The van der Waals surface area contributed by atoms with Gasteiger partial charge in [-0.2, -0.15) is 0 Å². The molecular weight excluding hydrogens is 222 g/mol. The zero-order chi connectivity index (χ0) is 12.6. The Hall–Kier alpha value is -2.17. The number of fused-ring (bicyclic) bond motifs is 1. The highest BCUT2D eigenvalue weighted by molar-refractivity contribution is 6.21. The van der Waals surface area contributed by atoms with Crippen LogP contribution in [-0.2, 0) is 9.53 Å². The van der Waals surface area contributed by atoms with Crippen molar-refractivity contribution in [2.75, 3.05) is 12.4 Å². The molecule has 0 saturated carbocycles. The topological polar surface area (TPSA) is 72.5 Å². The number of Topliss-reactive ketones (excluding diaryl/α,β-unsaturated/α-hetero) is 2. The SMILES string of the molecule is COC(=O)c1ccc2c(c1)NC(C(C)=O)C2=O. The van der Waals surface area contributed by atoms with E-state index in [2.05, 4.69) is 10.1 Å². The molecule has 17 heavy (non-hydrogen) atoms. The smallest absolute Gasteiger partial charge is 0.337 e. The number of esters is 1. The van der Waals surface area contributed by atoms with Gasteiger partial charge in [0.2, 0.25) is 0 Å². The standard InChI is InChI=1S/C12H11NO4/c1-6(14)10-11(15)8-4-3-7(12(16)17-2)5-9(8)13-10/h3-5,10,13H,1-2H3. The van der Waals surface area contributed by atoms with Crippen LogP contribution in [0.2, 0.25) is 0 Å². The van der Waals surface area contributed by atoms with E-state index in [1.54, 1.807) is 0 Å². The van der Waals surface area contributed by atoms with Crippen molar-refractivity contribution >= 4 is 23.2 Å². The minimum atomic E-state index is -0.835. The molecule has 1 unspecified atom stereocenters. The summed E-state index contributed by atoms with van der Waals surface area (Å²) in [4.78, 5) is 34.3. The Morgan fingerprint density at radius 2 is 2.06 bits per heavy atom. The molecule has 0 bridgehead atoms. The van der Waals surface area contributed by atoms with Gasteiger partial charge in [-0.05, 0) is 25.1 Å². The molecule has 0 amide bonds. The predicted octanol–water partition coefficient (Wildman–Crippen LogP) is 1.04. The fourth-order valence-electron chi connectivity index (χ4n) is 1.79. The molecule has 5 nitrogen and oxygen atoms in total. The molecule has 2 rings (SSSR count). The molecule has 5 heteroatoms. The molecule has 1 N–H and O–H groups in total. The summed E-state index contributed by atoms with van der Waals surface area (Å²) in [7, 11) is 1.28. The first-order valence-corrected chi connectivity index (χ1v) is 5.08. The van der Waals surface area contributed by atoms with Crippen LogP contribution in [0.1, 0.15) is 27.6 Å². The number of nitrogens with one attached hydrogen (secondary N) is 1. The highest BCUT2D eigenvalue weighted by atomic mass is 16.5. The van der Waals surface area contributed by atoms with Gasteiger partial charge in [-0.1, -0.05) is 0 Å². The quantitative estimate of drug-likeness (QED) is 0.610. The predicted molar refractivity (Wildman–Crippen MR) is 60.2 cm³/mol. The van der Waals surface area contributed by atoms with E-state index in [1.165, 1.54) is 32.2 Å². The lowest BCUT2D eigenvalue weighted by Crippen LogP contribution is -2.29. The van der Waals surface area contributed by atoms with Gasteiger partial charge >= 0.3 is 5.97 Å². The maximum Gasteiger partial charge on any atom is 0.337 e. The zero-order valence-electron chi connectivity index (χ0n) is 9.44. The lowest BCUT2D eigenvalue weighted by molar-refractivity contribution is -0.116. The van der Waals surface area contributed by atoms with Crippen LogP contribution in [0.5, 0.6) is 0 Å². The Morgan fingerprint density at radius 1 is 1.35 bits per heavy atom. The highest BCUT2D eigenvalue weighted by Gasteiger charge is 2.33. The number of hydrogen-bond acceptors (Lipinski definition) is 5. The first kappa shape index (κ1) is 11.3. The van der Waals surface area contributed by atoms with Crippen LogP contribution in [0.4, 0.5) is 5.69 Å². The second-order valence-electron chi connectivity index (χ2n) is 3.80. The van der Waals surface area contributed by atoms with Crippen LogP contribution in [0.15, 0.2) is 18.2 Å². The van der Waals surface area contributed by atoms with Gasteiger partial charge in [0, 0.05) is 11.3 Å². The summed E-state index contributed by atoms with van der Waals surface area (Å²) < 4.78 is 4.58. The lowest BCUT2D eigenvalue weighted by atomic mass is 10.0. The highest BCUT2D eigenvalue weighted by Crippen LogP contribution is 2.27. The van der Waals surface area contributed by atoms with Gasteiger partial charge in [-0.25, -0.2) is 4.79 Å². The van der Waals surface area contributed by atoms with Gasteiger partial charge in [0.05, 0.1) is 12.7 Å². The maximum absolute atomic E-state index is 11.8. The molecule has 1 heterocycles. The van der Waals surface area contributed by atoms with E-state index in [1.807, 2.05) is 0 Å². The van der Waals surface area contributed by atoms with Crippen molar-refractivity contribution in [2.45, 2.75) is 13.0 Å². The summed E-state index contributed by atoms with van der Waals surface area (Å²) in [6.45, 7) is 1.35. The lowest BCUT2D eigenvalue weighted by Gasteiger charge is -2.04. The Balaban J connectivity index is 2.39. The number of anilines is 1. The van der Waals surface area contributed by atoms with E-state index in [4.69, 9.17) is 0 Å². The van der Waals surface area contributed by atoms with E-state index >= 15 is 0 Å². The van der Waals surface area contributed by atoms with Crippen LogP contribution in [-0.4, -0.2) is 30.7 Å². The Morgan fingerprint density at radius 3 is 2.65 bits per heavy atom. The van der Waals surface area contributed by atoms with Gasteiger partial charge in [-0.3, -0.25) is 9.59 Å². The first-order valence-electron chi connectivity index (χ1n) is 5.08. The van der Waals surface area contributed by atoms with Crippen molar-refractivity contribution < 1.29 is 19.1 Å². The summed E-state index contributed by atoms with van der Waals surface area (Å²) in [5.41, 5.74) is 1.27. The molecule has 0 saturated heterocycles. The zero-order valence-corrected chi connectivity index (χ0v) is 9.44. The number of methoxy groups -OCH3 is 1. The number of ether oxygens (including phenoxy) is 1. The van der Waals surface area contributed by atoms with E-state index < -0.39 is 12.0 Å². The fraction of sp³-hybridized carbons (Fsp3) is 0.250. The minimum absolute atomic E-state index is 0.245. The summed E-state index contributed by atoms with van der Waals surface area (Å²) in [6, 6.07) is 3.71. The number of rotatable bonds is 2. The minimum Gasteiger partial charge on any atom is -0.465 e. The average molecular weight is 233 g/mol. The van der Waals surface area contributed by atoms with Crippen molar-refractivity contribution in [3.05, 3.63) is 29.3 Å². The van der Waals surface area contributed by atoms with Gasteiger partial charge < -0.3 is 10.1 Å². The van der Waals surface area contributed by atoms with Gasteiger partial charge in [0.15, 0.2) is 11.6 Å². The summed E-state index contributed by atoms with van der Waals surface area (Å²) in [6.07, 6.45) is 0. The largest absolute Gasteiger partial charge is 0.465 e. The van der Waals surface area contributed by atoms with Crippen molar-refractivity contribution in [1.82, 2.24) is 0 Å². The number of carbonyl (C=O) groups is 3. The van der Waals surface area contributed by atoms with Crippen LogP contribution >= 0.6 is 0 Å². The van der Waals surface area contributed by atoms with E-state index in [0.29, 0.717) is 16.8 Å². The van der Waals surface area contributed by atoms with Crippen LogP contribution in [0.3, 0.4) is 0 Å². The Bertz CT molecular complexity index is 521. The molecule has 1 aliphatic heterocycles. The Kier molecular flexibility index (Phi) is 2.67. The van der Waals surface area contributed by atoms with Gasteiger partial charge in [-0.15, -0.1) is 0 Å². The van der Waals surface area contributed by atoms with Crippen molar-refractivity contribution in [3.8, 4) is 0 Å². The second kappa shape index (κ2) is 4.01. The van der Waals surface area contributed by atoms with Gasteiger partial charge in [0.25, 0.3) is 0 Å².